The molecule has 0 spiro atoms. The van der Waals surface area contributed by atoms with Gasteiger partial charge in [-0.05, 0) is 6.92 Å². The fourth-order valence-electron chi connectivity index (χ4n) is 1.29. The molecule has 15 heavy (non-hydrogen) atoms. The summed E-state index contributed by atoms with van der Waals surface area (Å²) in [6.45, 7) is 2.41. The van der Waals surface area contributed by atoms with E-state index in [1.54, 1.807) is 7.76 Å². The van der Waals surface area contributed by atoms with Gasteiger partial charge in [0, 0.05) is 0 Å². The van der Waals surface area contributed by atoms with Crippen LogP contribution in [0.15, 0.2) is 44.2 Å². The summed E-state index contributed by atoms with van der Waals surface area (Å²) >= 11 is 4.77. The van der Waals surface area contributed by atoms with Gasteiger partial charge in [0.25, 0.3) is 0 Å². The molecule has 0 radical (unpaired) electrons. The SMILES string of the molecule is C1=CC[C]([Ti][C]2=CC=CC2)=C1.CCOCl. The zero-order valence-corrected chi connectivity index (χ0v) is 11.2. The molecule has 0 aromatic carbocycles. The van der Waals surface area contributed by atoms with E-state index in [0.29, 0.717) is 6.61 Å². The van der Waals surface area contributed by atoms with Crippen molar-refractivity contribution in [2.24, 2.45) is 0 Å². The Morgan fingerprint density at radius 2 is 1.67 bits per heavy atom. The van der Waals surface area contributed by atoms with Crippen molar-refractivity contribution in [2.75, 3.05) is 6.61 Å². The molecule has 0 fully saturated rings. The molecule has 0 N–H and O–H groups in total. The Kier molecular flexibility index (Phi) is 7.03. The maximum Gasteiger partial charge on any atom is 0.0654 e. The second-order valence-electron chi connectivity index (χ2n) is 3.17. The van der Waals surface area contributed by atoms with E-state index in [1.807, 2.05) is 6.92 Å². The van der Waals surface area contributed by atoms with E-state index in [-0.39, 0.29) is 19.2 Å². The van der Waals surface area contributed by atoms with Crippen LogP contribution in [-0.2, 0) is 23.4 Å². The zero-order chi connectivity index (χ0) is 10.9. The van der Waals surface area contributed by atoms with Gasteiger partial charge in [0.2, 0.25) is 0 Å². The quantitative estimate of drug-likeness (QED) is 0.697. The van der Waals surface area contributed by atoms with Crippen LogP contribution in [0.3, 0.4) is 0 Å². The molecule has 80 valence electrons. The van der Waals surface area contributed by atoms with Crippen molar-refractivity contribution >= 4 is 11.9 Å². The van der Waals surface area contributed by atoms with Crippen LogP contribution in [0.25, 0.3) is 0 Å². The third kappa shape index (κ3) is 5.53. The molecule has 2 aliphatic rings. The van der Waals surface area contributed by atoms with Crippen molar-refractivity contribution in [3.63, 3.8) is 0 Å². The summed E-state index contributed by atoms with van der Waals surface area (Å²) in [6, 6.07) is 0. The van der Waals surface area contributed by atoms with E-state index in [0.717, 1.165) is 0 Å². The van der Waals surface area contributed by atoms with Crippen LogP contribution < -0.4 is 0 Å². The van der Waals surface area contributed by atoms with Crippen molar-refractivity contribution in [3.05, 3.63) is 44.2 Å². The third-order valence-corrected chi connectivity index (χ3v) is 4.35. The minimum absolute atomic E-state index is 0.0833. The Morgan fingerprint density at radius 1 is 1.20 bits per heavy atom. The predicted molar refractivity (Wildman–Crippen MR) is 61.2 cm³/mol. The van der Waals surface area contributed by atoms with Crippen molar-refractivity contribution in [1.29, 1.82) is 0 Å². The summed E-state index contributed by atoms with van der Waals surface area (Å²) in [5, 5.41) is 0. The van der Waals surface area contributed by atoms with Crippen molar-refractivity contribution in [2.45, 2.75) is 19.8 Å². The van der Waals surface area contributed by atoms with Crippen molar-refractivity contribution in [3.8, 4) is 0 Å². The number of allylic oxidation sites excluding steroid dienone is 8. The summed E-state index contributed by atoms with van der Waals surface area (Å²) in [6.07, 6.45) is 15.9. The first-order valence-electron chi connectivity index (χ1n) is 5.08. The molecule has 3 heteroatoms. The first kappa shape index (κ1) is 13.0. The summed E-state index contributed by atoms with van der Waals surface area (Å²) in [5.41, 5.74) is 0. The van der Waals surface area contributed by atoms with Gasteiger partial charge in [0.1, 0.15) is 0 Å². The van der Waals surface area contributed by atoms with Gasteiger partial charge in [-0.15, -0.1) is 0 Å². The molecule has 0 aliphatic heterocycles. The Hall–Kier alpha value is -0.0757. The van der Waals surface area contributed by atoms with Gasteiger partial charge in [-0.25, -0.2) is 0 Å². The average Bonchev–Trinajstić information content (AvgIpc) is 2.92. The third-order valence-electron chi connectivity index (χ3n) is 1.97. The van der Waals surface area contributed by atoms with E-state index in [1.165, 1.54) is 12.8 Å². The van der Waals surface area contributed by atoms with Crippen LogP contribution in [-0.4, -0.2) is 6.61 Å². The largest absolute Gasteiger partial charge is 0.280 e. The van der Waals surface area contributed by atoms with Crippen molar-refractivity contribution in [1.82, 2.24) is 0 Å². The average molecular weight is 259 g/mol. The van der Waals surface area contributed by atoms with Crippen molar-refractivity contribution < 1.29 is 23.4 Å². The van der Waals surface area contributed by atoms with E-state index in [2.05, 4.69) is 52.6 Å². The maximum absolute atomic E-state index is 4.69. The zero-order valence-electron chi connectivity index (χ0n) is 8.87. The Labute approximate surface area is 106 Å². The monoisotopic (exact) mass is 258 g/mol. The van der Waals surface area contributed by atoms with E-state index in [9.17, 15) is 0 Å². The molecule has 0 amide bonds. The fourth-order valence-corrected chi connectivity index (χ4v) is 3.18. The maximum atomic E-state index is 4.69. The van der Waals surface area contributed by atoms with E-state index in [4.69, 9.17) is 0 Å². The molecule has 2 rings (SSSR count). The molecule has 0 aromatic heterocycles. The number of hydrogen-bond donors (Lipinski definition) is 0. The van der Waals surface area contributed by atoms with Crippen LogP contribution in [0.4, 0.5) is 0 Å². The van der Waals surface area contributed by atoms with Gasteiger partial charge in [-0.3, -0.25) is 4.29 Å². The molecule has 2 aliphatic carbocycles. The second-order valence-corrected chi connectivity index (χ2v) is 5.79. The normalized spacial score (nSPS) is 16.9. The molecule has 0 saturated carbocycles. The van der Waals surface area contributed by atoms with Gasteiger partial charge in [-0.1, -0.05) is 0 Å². The Bertz CT molecular complexity index is 273. The molecular formula is C12H15ClOTi. The van der Waals surface area contributed by atoms with Gasteiger partial charge in [-0.2, -0.15) is 0 Å². The molecule has 0 atom stereocenters. The smallest absolute Gasteiger partial charge is 0.0654 e. The minimum atomic E-state index is 0.0833. The minimum Gasteiger partial charge on any atom is -0.280 e. The number of halogens is 1. The molecular weight excluding hydrogens is 243 g/mol. The molecule has 0 saturated heterocycles. The first-order valence-corrected chi connectivity index (χ1v) is 6.95. The van der Waals surface area contributed by atoms with Crippen LogP contribution >= 0.6 is 11.9 Å². The van der Waals surface area contributed by atoms with Gasteiger partial charge in [0.05, 0.1) is 18.5 Å². The Balaban J connectivity index is 0.000000245. The van der Waals surface area contributed by atoms with E-state index < -0.39 is 0 Å². The van der Waals surface area contributed by atoms with Gasteiger partial charge in [0.15, 0.2) is 0 Å². The number of hydrogen-bond acceptors (Lipinski definition) is 1. The predicted octanol–water partition coefficient (Wildman–Crippen LogP) is 3.93. The second kappa shape index (κ2) is 8.12. The summed E-state index contributed by atoms with van der Waals surface area (Å²) in [4.78, 5) is 0. The Morgan fingerprint density at radius 3 is 1.93 bits per heavy atom. The number of rotatable bonds is 3. The molecule has 0 aromatic rings. The van der Waals surface area contributed by atoms with Gasteiger partial charge >= 0.3 is 76.2 Å². The molecule has 0 unspecified atom stereocenters. The standard InChI is InChI=1S/2C5H5.C2H5ClO.Ti/c2*1-2-4-5-3-1;1-2-4-3;/h2*1-3H,4H2;2H2,1H3;. The molecule has 0 bridgehead atoms. The van der Waals surface area contributed by atoms with Crippen LogP contribution in [0.1, 0.15) is 19.8 Å². The topological polar surface area (TPSA) is 9.23 Å². The summed E-state index contributed by atoms with van der Waals surface area (Å²) < 4.78 is 7.37. The van der Waals surface area contributed by atoms with E-state index >= 15 is 0 Å². The first-order chi connectivity index (χ1) is 7.36. The van der Waals surface area contributed by atoms with Gasteiger partial charge < -0.3 is 0 Å². The van der Waals surface area contributed by atoms with Crippen LogP contribution in [0.2, 0.25) is 0 Å². The molecule has 1 nitrogen and oxygen atoms in total. The fraction of sp³-hybridized carbons (Fsp3) is 0.333. The van der Waals surface area contributed by atoms with Crippen LogP contribution in [0.5, 0.6) is 0 Å². The van der Waals surface area contributed by atoms with Crippen LogP contribution in [0, 0.1) is 0 Å². The molecule has 0 heterocycles. The summed E-state index contributed by atoms with van der Waals surface area (Å²) in [7, 11) is 0. The summed E-state index contributed by atoms with van der Waals surface area (Å²) in [5.74, 6) is 0.